The van der Waals surface area contributed by atoms with Crippen LogP contribution in [-0.2, 0) is 14.9 Å². The van der Waals surface area contributed by atoms with Crippen LogP contribution in [0.1, 0.15) is 45.1 Å². The first-order valence-corrected chi connectivity index (χ1v) is 9.28. The van der Waals surface area contributed by atoms with Gasteiger partial charge in [-0.2, -0.15) is 4.98 Å². The number of nitrogens with one attached hydrogen (secondary N) is 1. The molecule has 3 rings (SSSR count). The molecule has 144 valence electrons. The molecule has 26 heavy (non-hydrogen) atoms. The summed E-state index contributed by atoms with van der Waals surface area (Å²) in [5.41, 5.74) is -0.516. The lowest BCUT2D eigenvalue weighted by molar-refractivity contribution is -0.142. The van der Waals surface area contributed by atoms with Gasteiger partial charge in [-0.05, 0) is 26.7 Å². The lowest BCUT2D eigenvalue weighted by Crippen LogP contribution is -2.41. The SMILES string of the molecule is CC(C)(C(=O)O)c1cnc(N[C@H]2CCCC[C@@H]2O)nc1N1CCOCC1. The van der Waals surface area contributed by atoms with Crippen molar-refractivity contribution in [3.63, 3.8) is 0 Å². The van der Waals surface area contributed by atoms with Crippen LogP contribution in [0, 0.1) is 0 Å². The van der Waals surface area contributed by atoms with Crippen LogP contribution in [-0.4, -0.2) is 64.6 Å². The summed E-state index contributed by atoms with van der Waals surface area (Å²) in [6.07, 6.45) is 4.94. The molecule has 2 heterocycles. The third-order valence-corrected chi connectivity index (χ3v) is 5.33. The summed E-state index contributed by atoms with van der Waals surface area (Å²) in [5.74, 6) is 0.143. The molecule has 2 atom stereocenters. The van der Waals surface area contributed by atoms with E-state index in [4.69, 9.17) is 4.74 Å². The van der Waals surface area contributed by atoms with Gasteiger partial charge in [0.1, 0.15) is 5.82 Å². The number of aliphatic hydroxyl groups excluding tert-OH is 1. The number of anilines is 2. The Balaban J connectivity index is 1.91. The second kappa shape index (κ2) is 7.75. The van der Waals surface area contributed by atoms with Crippen LogP contribution in [0.2, 0.25) is 0 Å². The van der Waals surface area contributed by atoms with Crippen molar-refractivity contribution in [1.29, 1.82) is 0 Å². The summed E-state index contributed by atoms with van der Waals surface area (Å²) in [4.78, 5) is 22.8. The minimum atomic E-state index is -1.10. The van der Waals surface area contributed by atoms with Crippen LogP contribution >= 0.6 is 0 Å². The molecule has 0 amide bonds. The van der Waals surface area contributed by atoms with Crippen molar-refractivity contribution in [2.45, 2.75) is 57.1 Å². The zero-order valence-electron chi connectivity index (χ0n) is 15.4. The van der Waals surface area contributed by atoms with E-state index in [2.05, 4.69) is 15.3 Å². The van der Waals surface area contributed by atoms with Crippen molar-refractivity contribution in [2.24, 2.45) is 0 Å². The van der Waals surface area contributed by atoms with E-state index in [1.54, 1.807) is 20.0 Å². The van der Waals surface area contributed by atoms with Crippen molar-refractivity contribution in [1.82, 2.24) is 9.97 Å². The summed E-state index contributed by atoms with van der Waals surface area (Å²) in [5, 5.41) is 23.1. The number of aromatic nitrogens is 2. The van der Waals surface area contributed by atoms with E-state index in [1.165, 1.54) is 0 Å². The summed E-state index contributed by atoms with van der Waals surface area (Å²) in [7, 11) is 0. The lowest BCUT2D eigenvalue weighted by Gasteiger charge is -2.33. The van der Waals surface area contributed by atoms with Gasteiger partial charge in [-0.25, -0.2) is 4.98 Å². The predicted octanol–water partition coefficient (Wildman–Crippen LogP) is 1.39. The maximum absolute atomic E-state index is 11.8. The zero-order valence-corrected chi connectivity index (χ0v) is 15.4. The number of carbonyl (C=O) groups is 1. The molecule has 2 fully saturated rings. The fourth-order valence-electron chi connectivity index (χ4n) is 3.46. The quantitative estimate of drug-likeness (QED) is 0.719. The number of hydrogen-bond acceptors (Lipinski definition) is 7. The Hall–Kier alpha value is -1.93. The highest BCUT2D eigenvalue weighted by molar-refractivity contribution is 5.82. The van der Waals surface area contributed by atoms with Gasteiger partial charge >= 0.3 is 5.97 Å². The Kier molecular flexibility index (Phi) is 5.62. The molecule has 1 saturated carbocycles. The third-order valence-electron chi connectivity index (χ3n) is 5.33. The van der Waals surface area contributed by atoms with Gasteiger partial charge < -0.3 is 25.2 Å². The van der Waals surface area contributed by atoms with Crippen molar-refractivity contribution < 1.29 is 19.7 Å². The van der Waals surface area contributed by atoms with Gasteiger partial charge in [-0.3, -0.25) is 4.79 Å². The van der Waals surface area contributed by atoms with Crippen LogP contribution in [0.3, 0.4) is 0 Å². The first-order valence-electron chi connectivity index (χ1n) is 9.28. The largest absolute Gasteiger partial charge is 0.481 e. The number of carboxylic acid groups (broad SMARTS) is 1. The molecule has 1 aliphatic carbocycles. The summed E-state index contributed by atoms with van der Waals surface area (Å²) in [6.45, 7) is 5.81. The highest BCUT2D eigenvalue weighted by Gasteiger charge is 2.35. The van der Waals surface area contributed by atoms with Crippen molar-refractivity contribution in [2.75, 3.05) is 36.5 Å². The monoisotopic (exact) mass is 364 g/mol. The van der Waals surface area contributed by atoms with Gasteiger partial charge in [-0.1, -0.05) is 12.8 Å². The minimum Gasteiger partial charge on any atom is -0.481 e. The number of aliphatic hydroxyl groups is 1. The van der Waals surface area contributed by atoms with Crippen molar-refractivity contribution >= 4 is 17.7 Å². The molecule has 0 unspecified atom stereocenters. The van der Waals surface area contributed by atoms with Gasteiger partial charge in [0.05, 0.1) is 30.8 Å². The number of ether oxygens (including phenoxy) is 1. The molecule has 0 spiro atoms. The summed E-state index contributed by atoms with van der Waals surface area (Å²) < 4.78 is 5.41. The molecule has 3 N–H and O–H groups in total. The van der Waals surface area contributed by atoms with Crippen molar-refractivity contribution in [3.05, 3.63) is 11.8 Å². The number of nitrogens with zero attached hydrogens (tertiary/aromatic N) is 3. The molecule has 2 aliphatic rings. The average Bonchev–Trinajstić information content (AvgIpc) is 2.64. The molecule has 1 aromatic heterocycles. The summed E-state index contributed by atoms with van der Waals surface area (Å²) >= 11 is 0. The highest BCUT2D eigenvalue weighted by Crippen LogP contribution is 2.32. The maximum Gasteiger partial charge on any atom is 0.313 e. The predicted molar refractivity (Wildman–Crippen MR) is 97.6 cm³/mol. The van der Waals surface area contributed by atoms with Crippen LogP contribution in [0.15, 0.2) is 6.20 Å². The van der Waals surface area contributed by atoms with Crippen LogP contribution in [0.4, 0.5) is 11.8 Å². The minimum absolute atomic E-state index is 0.0698. The second-order valence-corrected chi connectivity index (χ2v) is 7.56. The molecule has 1 aliphatic heterocycles. The topological polar surface area (TPSA) is 108 Å². The van der Waals surface area contributed by atoms with E-state index in [9.17, 15) is 15.0 Å². The number of rotatable bonds is 5. The molecule has 0 bridgehead atoms. The maximum atomic E-state index is 11.8. The molecular weight excluding hydrogens is 336 g/mol. The van der Waals surface area contributed by atoms with Crippen molar-refractivity contribution in [3.8, 4) is 0 Å². The number of carboxylic acids is 1. The third kappa shape index (κ3) is 3.91. The van der Waals surface area contributed by atoms with E-state index in [-0.39, 0.29) is 6.04 Å². The van der Waals surface area contributed by atoms with E-state index in [0.717, 1.165) is 25.7 Å². The van der Waals surface area contributed by atoms with Crippen LogP contribution < -0.4 is 10.2 Å². The fourth-order valence-corrected chi connectivity index (χ4v) is 3.46. The first-order chi connectivity index (χ1) is 12.4. The van der Waals surface area contributed by atoms with Crippen LogP contribution in [0.5, 0.6) is 0 Å². The molecule has 1 saturated heterocycles. The molecule has 0 aromatic carbocycles. The lowest BCUT2D eigenvalue weighted by atomic mass is 9.85. The smallest absolute Gasteiger partial charge is 0.313 e. The van der Waals surface area contributed by atoms with Gasteiger partial charge in [0.15, 0.2) is 0 Å². The highest BCUT2D eigenvalue weighted by atomic mass is 16.5. The number of aliphatic carboxylic acids is 1. The molecule has 8 heteroatoms. The molecular formula is C18H28N4O4. The number of hydrogen-bond donors (Lipinski definition) is 3. The number of morpholine rings is 1. The Morgan fingerprint density at radius 3 is 2.65 bits per heavy atom. The average molecular weight is 364 g/mol. The van der Waals surface area contributed by atoms with Gasteiger partial charge in [0, 0.05) is 24.8 Å². The van der Waals surface area contributed by atoms with Gasteiger partial charge in [0.2, 0.25) is 5.95 Å². The molecule has 8 nitrogen and oxygen atoms in total. The summed E-state index contributed by atoms with van der Waals surface area (Å²) in [6, 6.07) is -0.0698. The Morgan fingerprint density at radius 2 is 2.00 bits per heavy atom. The van der Waals surface area contributed by atoms with E-state index in [1.807, 2.05) is 4.90 Å². The zero-order chi connectivity index (χ0) is 18.7. The first kappa shape index (κ1) is 18.8. The second-order valence-electron chi connectivity index (χ2n) is 7.56. The Morgan fingerprint density at radius 1 is 1.31 bits per heavy atom. The van der Waals surface area contributed by atoms with E-state index in [0.29, 0.717) is 43.6 Å². The van der Waals surface area contributed by atoms with Gasteiger partial charge in [-0.15, -0.1) is 0 Å². The van der Waals surface area contributed by atoms with Gasteiger partial charge in [0.25, 0.3) is 0 Å². The standard InChI is InChI=1S/C18H28N4O4/c1-18(2,16(24)25)12-11-19-17(20-13-5-3-4-6-14(13)23)21-15(12)22-7-9-26-10-8-22/h11,13-14,23H,3-10H2,1-2H3,(H,24,25)(H,19,20,21)/t13-,14-/m0/s1. The Labute approximate surface area is 153 Å². The fraction of sp³-hybridized carbons (Fsp3) is 0.722. The van der Waals surface area contributed by atoms with Crippen LogP contribution in [0.25, 0.3) is 0 Å². The normalized spacial score (nSPS) is 24.3. The van der Waals surface area contributed by atoms with E-state index >= 15 is 0 Å². The molecule has 1 aromatic rings. The Bertz CT molecular complexity index is 646. The molecule has 0 radical (unpaired) electrons. The van der Waals surface area contributed by atoms with E-state index < -0.39 is 17.5 Å².